The van der Waals surface area contributed by atoms with E-state index >= 15 is 0 Å². The molecule has 0 radical (unpaired) electrons. The molecule has 0 bridgehead atoms. The van der Waals surface area contributed by atoms with Crippen molar-refractivity contribution < 1.29 is 9.90 Å². The number of nitrogens with zero attached hydrogens (tertiary/aromatic N) is 1. The number of aromatic nitrogens is 1. The first-order valence-corrected chi connectivity index (χ1v) is 6.14. The van der Waals surface area contributed by atoms with Crippen molar-refractivity contribution in [3.63, 3.8) is 0 Å². The van der Waals surface area contributed by atoms with Crippen LogP contribution < -0.4 is 5.73 Å². The lowest BCUT2D eigenvalue weighted by molar-refractivity contribution is 0.100. The average Bonchev–Trinajstić information content (AvgIpc) is 2.47. The standard InChI is InChI=1S/C16H12N2O2/c17-16(20)13-9-15(10-4-2-1-3-5-10)18-14-7-6-11(19)8-12(13)14/h1-9,19H,(H2,17,20). The van der Waals surface area contributed by atoms with Gasteiger partial charge in [0.1, 0.15) is 5.75 Å². The van der Waals surface area contributed by atoms with Gasteiger partial charge in [-0.1, -0.05) is 30.3 Å². The lowest BCUT2D eigenvalue weighted by atomic mass is 10.0. The SMILES string of the molecule is NC(=O)c1cc(-c2ccccc2)nc2ccc(O)cc12. The molecule has 20 heavy (non-hydrogen) atoms. The number of carbonyl (C=O) groups excluding carboxylic acids is 1. The van der Waals surface area contributed by atoms with E-state index < -0.39 is 5.91 Å². The molecule has 0 atom stereocenters. The van der Waals surface area contributed by atoms with Crippen LogP contribution in [-0.4, -0.2) is 16.0 Å². The normalized spacial score (nSPS) is 10.6. The molecule has 0 aliphatic heterocycles. The Morgan fingerprint density at radius 2 is 1.80 bits per heavy atom. The van der Waals surface area contributed by atoms with Crippen LogP contribution in [0, 0.1) is 0 Å². The highest BCUT2D eigenvalue weighted by molar-refractivity contribution is 6.06. The molecule has 0 saturated carbocycles. The van der Waals surface area contributed by atoms with Crippen LogP contribution in [0.5, 0.6) is 5.75 Å². The third kappa shape index (κ3) is 2.07. The fourth-order valence-electron chi connectivity index (χ4n) is 2.17. The first-order chi connectivity index (χ1) is 9.65. The number of carbonyl (C=O) groups is 1. The highest BCUT2D eigenvalue weighted by Crippen LogP contribution is 2.27. The first-order valence-electron chi connectivity index (χ1n) is 6.14. The molecule has 1 heterocycles. The van der Waals surface area contributed by atoms with Crippen molar-refractivity contribution >= 4 is 16.8 Å². The van der Waals surface area contributed by atoms with Crippen LogP contribution in [0.3, 0.4) is 0 Å². The van der Waals surface area contributed by atoms with E-state index in [4.69, 9.17) is 5.73 Å². The number of aromatic hydroxyl groups is 1. The number of amides is 1. The Morgan fingerprint density at radius 3 is 2.50 bits per heavy atom. The van der Waals surface area contributed by atoms with Crippen molar-refractivity contribution in [2.45, 2.75) is 0 Å². The number of benzene rings is 2. The summed E-state index contributed by atoms with van der Waals surface area (Å²) in [5, 5.41) is 10.1. The monoisotopic (exact) mass is 264 g/mol. The molecule has 0 unspecified atom stereocenters. The maximum absolute atomic E-state index is 11.6. The first kappa shape index (κ1) is 12.2. The second kappa shape index (κ2) is 4.66. The number of rotatable bonds is 2. The molecule has 4 heteroatoms. The largest absolute Gasteiger partial charge is 0.508 e. The van der Waals surface area contributed by atoms with Crippen LogP contribution in [-0.2, 0) is 0 Å². The molecule has 1 amide bonds. The number of nitrogens with two attached hydrogens (primary N) is 1. The Morgan fingerprint density at radius 1 is 1.05 bits per heavy atom. The molecule has 0 fully saturated rings. The van der Waals surface area contributed by atoms with Gasteiger partial charge in [0.2, 0.25) is 5.91 Å². The Labute approximate surface area is 115 Å². The summed E-state index contributed by atoms with van der Waals surface area (Å²) in [7, 11) is 0. The van der Waals surface area contributed by atoms with Gasteiger partial charge in [0, 0.05) is 10.9 Å². The summed E-state index contributed by atoms with van der Waals surface area (Å²) >= 11 is 0. The van der Waals surface area contributed by atoms with E-state index in [2.05, 4.69) is 4.98 Å². The minimum atomic E-state index is -0.541. The average molecular weight is 264 g/mol. The van der Waals surface area contributed by atoms with Crippen molar-refractivity contribution in [3.8, 4) is 17.0 Å². The second-order valence-corrected chi connectivity index (χ2v) is 4.49. The number of phenolic OH excluding ortho intramolecular Hbond substituents is 1. The van der Waals surface area contributed by atoms with E-state index in [0.717, 1.165) is 5.56 Å². The minimum Gasteiger partial charge on any atom is -0.508 e. The Bertz CT molecular complexity index is 798. The van der Waals surface area contributed by atoms with Gasteiger partial charge < -0.3 is 10.8 Å². The van der Waals surface area contributed by atoms with Gasteiger partial charge >= 0.3 is 0 Å². The summed E-state index contributed by atoms with van der Waals surface area (Å²) in [5.74, 6) is -0.463. The predicted octanol–water partition coefficient (Wildman–Crippen LogP) is 2.71. The molecule has 2 aromatic carbocycles. The summed E-state index contributed by atoms with van der Waals surface area (Å²) < 4.78 is 0. The van der Waals surface area contributed by atoms with E-state index in [0.29, 0.717) is 22.2 Å². The van der Waals surface area contributed by atoms with Crippen LogP contribution in [0.2, 0.25) is 0 Å². The quantitative estimate of drug-likeness (QED) is 0.747. The third-order valence-electron chi connectivity index (χ3n) is 3.13. The van der Waals surface area contributed by atoms with E-state index in [-0.39, 0.29) is 5.75 Å². The van der Waals surface area contributed by atoms with Gasteiger partial charge in [0.25, 0.3) is 0 Å². The Hall–Kier alpha value is -2.88. The molecule has 0 aliphatic rings. The Kier molecular flexibility index (Phi) is 2.84. The maximum Gasteiger partial charge on any atom is 0.249 e. The van der Waals surface area contributed by atoms with E-state index in [1.54, 1.807) is 12.1 Å². The molecule has 0 aliphatic carbocycles. The number of pyridine rings is 1. The third-order valence-corrected chi connectivity index (χ3v) is 3.13. The Balaban J connectivity index is 2.32. The lowest BCUT2D eigenvalue weighted by Gasteiger charge is -2.08. The summed E-state index contributed by atoms with van der Waals surface area (Å²) in [6.07, 6.45) is 0. The van der Waals surface area contributed by atoms with Crippen molar-refractivity contribution in [1.82, 2.24) is 4.98 Å². The molecule has 0 spiro atoms. The van der Waals surface area contributed by atoms with E-state index in [1.165, 1.54) is 12.1 Å². The molecule has 0 saturated heterocycles. The number of phenols is 1. The summed E-state index contributed by atoms with van der Waals surface area (Å²) in [4.78, 5) is 16.1. The number of hydrogen-bond donors (Lipinski definition) is 2. The fourth-order valence-corrected chi connectivity index (χ4v) is 2.17. The summed E-state index contributed by atoms with van der Waals surface area (Å²) in [5.41, 5.74) is 7.99. The molecular weight excluding hydrogens is 252 g/mol. The van der Waals surface area contributed by atoms with Crippen LogP contribution in [0.15, 0.2) is 54.6 Å². The molecule has 3 aromatic rings. The van der Waals surface area contributed by atoms with E-state index in [9.17, 15) is 9.90 Å². The van der Waals surface area contributed by atoms with Crippen LogP contribution in [0.25, 0.3) is 22.2 Å². The molecular formula is C16H12N2O2. The highest BCUT2D eigenvalue weighted by atomic mass is 16.3. The van der Waals surface area contributed by atoms with Gasteiger partial charge in [0.15, 0.2) is 0 Å². The molecule has 4 nitrogen and oxygen atoms in total. The van der Waals surface area contributed by atoms with Crippen LogP contribution >= 0.6 is 0 Å². The number of hydrogen-bond acceptors (Lipinski definition) is 3. The zero-order valence-electron chi connectivity index (χ0n) is 10.6. The number of fused-ring (bicyclic) bond motifs is 1. The van der Waals surface area contributed by atoms with Gasteiger partial charge in [-0.25, -0.2) is 4.98 Å². The highest BCUT2D eigenvalue weighted by Gasteiger charge is 2.12. The molecule has 3 rings (SSSR count). The smallest absolute Gasteiger partial charge is 0.249 e. The topological polar surface area (TPSA) is 76.2 Å². The van der Waals surface area contributed by atoms with Crippen molar-refractivity contribution in [1.29, 1.82) is 0 Å². The van der Waals surface area contributed by atoms with Gasteiger partial charge in [-0.3, -0.25) is 4.79 Å². The summed E-state index contributed by atoms with van der Waals surface area (Å²) in [6.45, 7) is 0. The minimum absolute atomic E-state index is 0.0780. The van der Waals surface area contributed by atoms with Gasteiger partial charge in [-0.05, 0) is 24.3 Å². The zero-order valence-corrected chi connectivity index (χ0v) is 10.6. The van der Waals surface area contributed by atoms with Crippen LogP contribution in [0.4, 0.5) is 0 Å². The van der Waals surface area contributed by atoms with Crippen LogP contribution in [0.1, 0.15) is 10.4 Å². The van der Waals surface area contributed by atoms with Gasteiger partial charge in [0.05, 0.1) is 16.8 Å². The van der Waals surface area contributed by atoms with Crippen molar-refractivity contribution in [2.75, 3.05) is 0 Å². The predicted molar refractivity (Wildman–Crippen MR) is 77.4 cm³/mol. The van der Waals surface area contributed by atoms with Crippen molar-refractivity contribution in [3.05, 3.63) is 60.2 Å². The van der Waals surface area contributed by atoms with E-state index in [1.807, 2.05) is 30.3 Å². The second-order valence-electron chi connectivity index (χ2n) is 4.49. The number of primary amides is 1. The lowest BCUT2D eigenvalue weighted by Crippen LogP contribution is -2.12. The maximum atomic E-state index is 11.6. The zero-order chi connectivity index (χ0) is 14.1. The van der Waals surface area contributed by atoms with Crippen molar-refractivity contribution in [2.24, 2.45) is 5.73 Å². The fraction of sp³-hybridized carbons (Fsp3) is 0. The molecule has 1 aromatic heterocycles. The molecule has 98 valence electrons. The van der Waals surface area contributed by atoms with Gasteiger partial charge in [-0.15, -0.1) is 0 Å². The summed E-state index contributed by atoms with van der Waals surface area (Å²) in [6, 6.07) is 15.9. The van der Waals surface area contributed by atoms with Gasteiger partial charge in [-0.2, -0.15) is 0 Å². The molecule has 3 N–H and O–H groups in total.